The second kappa shape index (κ2) is 7.78. The van der Waals surface area contributed by atoms with E-state index in [1.165, 1.54) is 5.56 Å². The van der Waals surface area contributed by atoms with Gasteiger partial charge in [0, 0.05) is 18.1 Å². The van der Waals surface area contributed by atoms with E-state index in [1.54, 1.807) is 6.92 Å². The van der Waals surface area contributed by atoms with E-state index in [2.05, 4.69) is 16.3 Å². The topological polar surface area (TPSA) is 58.4 Å². The normalized spacial score (nSPS) is 18.4. The van der Waals surface area contributed by atoms with Crippen molar-refractivity contribution < 1.29 is 4.79 Å². The van der Waals surface area contributed by atoms with E-state index < -0.39 is 6.04 Å². The van der Waals surface area contributed by atoms with Gasteiger partial charge in [0.25, 0.3) is 0 Å². The molecule has 0 spiro atoms. The summed E-state index contributed by atoms with van der Waals surface area (Å²) in [4.78, 5) is 13.9. The Morgan fingerprint density at radius 1 is 1.43 bits per heavy atom. The van der Waals surface area contributed by atoms with Crippen LogP contribution in [0.2, 0.25) is 5.02 Å². The number of halogens is 1. The lowest BCUT2D eigenvalue weighted by molar-refractivity contribution is -0.122. The van der Waals surface area contributed by atoms with Gasteiger partial charge in [0.15, 0.2) is 0 Å². The molecule has 1 aromatic rings. The molecule has 1 saturated heterocycles. The molecule has 5 heteroatoms. The monoisotopic (exact) mass is 309 g/mol. The lowest BCUT2D eigenvalue weighted by Crippen LogP contribution is -2.43. The summed E-state index contributed by atoms with van der Waals surface area (Å²) in [6, 6.07) is 7.58. The second-order valence-corrected chi connectivity index (χ2v) is 6.25. The Balaban J connectivity index is 1.73. The van der Waals surface area contributed by atoms with Crippen molar-refractivity contribution in [2.75, 3.05) is 19.6 Å². The number of carbonyl (C=O) groups excluding carboxylic acids is 1. The minimum absolute atomic E-state index is 0.0616. The van der Waals surface area contributed by atoms with E-state index in [-0.39, 0.29) is 5.91 Å². The molecule has 0 saturated carbocycles. The fourth-order valence-corrected chi connectivity index (χ4v) is 2.82. The Morgan fingerprint density at radius 2 is 2.10 bits per heavy atom. The first kappa shape index (κ1) is 16.3. The van der Waals surface area contributed by atoms with Gasteiger partial charge < -0.3 is 11.1 Å². The van der Waals surface area contributed by atoms with Crippen molar-refractivity contribution in [3.63, 3.8) is 0 Å². The Hall–Kier alpha value is -1.10. The number of likely N-dealkylation sites (tertiary alicyclic amines) is 1. The van der Waals surface area contributed by atoms with E-state index in [4.69, 9.17) is 17.3 Å². The number of nitrogens with one attached hydrogen (secondary N) is 1. The molecule has 116 valence electrons. The first-order valence-electron chi connectivity index (χ1n) is 7.55. The first-order chi connectivity index (χ1) is 10.1. The Bertz CT molecular complexity index is 470. The van der Waals surface area contributed by atoms with Gasteiger partial charge in [0.05, 0.1) is 6.04 Å². The molecule has 21 heavy (non-hydrogen) atoms. The average molecular weight is 310 g/mol. The maximum absolute atomic E-state index is 11.5. The summed E-state index contributed by atoms with van der Waals surface area (Å²) in [5, 5.41) is 3.76. The summed E-state index contributed by atoms with van der Waals surface area (Å²) < 4.78 is 0. The molecule has 1 aromatic carbocycles. The lowest BCUT2D eigenvalue weighted by Gasteiger charge is -2.32. The number of nitrogens with two attached hydrogens (primary N) is 1. The highest BCUT2D eigenvalue weighted by molar-refractivity contribution is 6.31. The number of hydrogen-bond donors (Lipinski definition) is 2. The van der Waals surface area contributed by atoms with Crippen LogP contribution in [0.25, 0.3) is 0 Å². The molecule has 1 amide bonds. The average Bonchev–Trinajstić information content (AvgIpc) is 2.48. The molecule has 0 bridgehead atoms. The van der Waals surface area contributed by atoms with E-state index in [1.807, 2.05) is 18.2 Å². The zero-order chi connectivity index (χ0) is 15.2. The Labute approximate surface area is 131 Å². The van der Waals surface area contributed by atoms with Gasteiger partial charge in [0.2, 0.25) is 5.91 Å². The largest absolute Gasteiger partial charge is 0.354 e. The number of benzene rings is 1. The Kier molecular flexibility index (Phi) is 6.03. The Morgan fingerprint density at radius 3 is 2.71 bits per heavy atom. The van der Waals surface area contributed by atoms with Crippen LogP contribution in [0, 0.1) is 5.92 Å². The van der Waals surface area contributed by atoms with Gasteiger partial charge in [0.1, 0.15) is 0 Å². The molecule has 1 atom stereocenters. The molecule has 0 radical (unpaired) electrons. The van der Waals surface area contributed by atoms with Crippen molar-refractivity contribution in [1.82, 2.24) is 10.2 Å². The number of hydrogen-bond acceptors (Lipinski definition) is 3. The number of piperidine rings is 1. The third kappa shape index (κ3) is 4.99. The van der Waals surface area contributed by atoms with Gasteiger partial charge in [-0.05, 0) is 50.4 Å². The van der Waals surface area contributed by atoms with Crippen LogP contribution < -0.4 is 11.1 Å². The highest BCUT2D eigenvalue weighted by Gasteiger charge is 2.20. The molecule has 1 aliphatic rings. The number of amides is 1. The van der Waals surface area contributed by atoms with Crippen molar-refractivity contribution in [2.45, 2.75) is 32.4 Å². The molecule has 4 nitrogen and oxygen atoms in total. The first-order valence-corrected chi connectivity index (χ1v) is 7.93. The van der Waals surface area contributed by atoms with Gasteiger partial charge >= 0.3 is 0 Å². The molecule has 1 unspecified atom stereocenters. The molecular weight excluding hydrogens is 286 g/mol. The second-order valence-electron chi connectivity index (χ2n) is 5.84. The van der Waals surface area contributed by atoms with Crippen molar-refractivity contribution in [2.24, 2.45) is 11.7 Å². The van der Waals surface area contributed by atoms with Crippen LogP contribution >= 0.6 is 11.6 Å². The van der Waals surface area contributed by atoms with E-state index in [0.29, 0.717) is 5.92 Å². The number of nitrogens with zero attached hydrogens (tertiary/aromatic N) is 1. The third-order valence-electron chi connectivity index (χ3n) is 4.04. The maximum atomic E-state index is 11.5. The van der Waals surface area contributed by atoms with Crippen molar-refractivity contribution in [3.05, 3.63) is 34.9 Å². The van der Waals surface area contributed by atoms with Gasteiger partial charge in [-0.1, -0.05) is 29.8 Å². The molecule has 0 aliphatic carbocycles. The molecule has 1 aliphatic heterocycles. The summed E-state index contributed by atoms with van der Waals surface area (Å²) in [7, 11) is 0. The summed E-state index contributed by atoms with van der Waals surface area (Å²) in [5.74, 6) is 0.490. The lowest BCUT2D eigenvalue weighted by atomic mass is 9.96. The smallest absolute Gasteiger partial charge is 0.236 e. The van der Waals surface area contributed by atoms with Crippen LogP contribution in [0.5, 0.6) is 0 Å². The molecule has 1 heterocycles. The maximum Gasteiger partial charge on any atom is 0.236 e. The number of carbonyl (C=O) groups is 1. The van der Waals surface area contributed by atoms with Crippen molar-refractivity contribution in [1.29, 1.82) is 0 Å². The molecule has 0 aromatic heterocycles. The SMILES string of the molecule is CC(N)C(=O)NCC1CCN(Cc2ccccc2Cl)CC1. The molecule has 3 N–H and O–H groups in total. The summed E-state index contributed by atoms with van der Waals surface area (Å²) >= 11 is 6.20. The summed E-state index contributed by atoms with van der Waals surface area (Å²) in [6.07, 6.45) is 2.20. The van der Waals surface area contributed by atoms with Gasteiger partial charge in [-0.15, -0.1) is 0 Å². The van der Waals surface area contributed by atoms with E-state index in [0.717, 1.165) is 44.0 Å². The summed E-state index contributed by atoms with van der Waals surface area (Å²) in [5.41, 5.74) is 6.72. The number of rotatable bonds is 5. The molecular formula is C16H24ClN3O. The minimum atomic E-state index is -0.426. The van der Waals surface area contributed by atoms with Gasteiger partial charge in [-0.2, -0.15) is 0 Å². The molecule has 1 fully saturated rings. The predicted octanol–water partition coefficient (Wildman–Crippen LogP) is 2.02. The minimum Gasteiger partial charge on any atom is -0.354 e. The zero-order valence-electron chi connectivity index (χ0n) is 12.5. The highest BCUT2D eigenvalue weighted by Crippen LogP contribution is 2.21. The van der Waals surface area contributed by atoms with Crippen LogP contribution in [0.1, 0.15) is 25.3 Å². The van der Waals surface area contributed by atoms with Crippen LogP contribution in [-0.2, 0) is 11.3 Å². The van der Waals surface area contributed by atoms with Crippen molar-refractivity contribution >= 4 is 17.5 Å². The van der Waals surface area contributed by atoms with Crippen LogP contribution in [-0.4, -0.2) is 36.5 Å². The van der Waals surface area contributed by atoms with E-state index >= 15 is 0 Å². The van der Waals surface area contributed by atoms with Gasteiger partial charge in [-0.25, -0.2) is 0 Å². The van der Waals surface area contributed by atoms with E-state index in [9.17, 15) is 4.79 Å². The highest BCUT2D eigenvalue weighted by atomic mass is 35.5. The fourth-order valence-electron chi connectivity index (χ4n) is 2.62. The quantitative estimate of drug-likeness (QED) is 0.875. The third-order valence-corrected chi connectivity index (χ3v) is 4.41. The predicted molar refractivity (Wildman–Crippen MR) is 86.1 cm³/mol. The molecule has 2 rings (SSSR count). The van der Waals surface area contributed by atoms with Crippen LogP contribution in [0.3, 0.4) is 0 Å². The summed E-state index contributed by atoms with van der Waals surface area (Å²) in [6.45, 7) is 5.44. The standard InChI is InChI=1S/C16H24ClN3O/c1-12(18)16(21)19-10-13-6-8-20(9-7-13)11-14-4-2-3-5-15(14)17/h2-5,12-13H,6-11,18H2,1H3,(H,19,21). The van der Waals surface area contributed by atoms with Crippen LogP contribution in [0.15, 0.2) is 24.3 Å². The van der Waals surface area contributed by atoms with Crippen molar-refractivity contribution in [3.8, 4) is 0 Å². The van der Waals surface area contributed by atoms with Crippen LogP contribution in [0.4, 0.5) is 0 Å². The fraction of sp³-hybridized carbons (Fsp3) is 0.562. The van der Waals surface area contributed by atoms with Gasteiger partial charge in [-0.3, -0.25) is 9.69 Å². The zero-order valence-corrected chi connectivity index (χ0v) is 13.3.